The molecule has 2 rings (SSSR count). The van der Waals surface area contributed by atoms with Gasteiger partial charge in [-0.05, 0) is 30.5 Å². The molecule has 1 unspecified atom stereocenters. The first-order valence-electron chi connectivity index (χ1n) is 6.12. The number of nitrogens with two attached hydrogens (primary N) is 1. The minimum absolute atomic E-state index is 0.128. The predicted octanol–water partition coefficient (Wildman–Crippen LogP) is 3.53. The van der Waals surface area contributed by atoms with Crippen LogP contribution in [0.4, 0.5) is 0 Å². The van der Waals surface area contributed by atoms with Crippen LogP contribution in [0.1, 0.15) is 37.3 Å². The minimum Gasteiger partial charge on any atom is -0.329 e. The summed E-state index contributed by atoms with van der Waals surface area (Å²) >= 11 is 12.1. The summed E-state index contributed by atoms with van der Waals surface area (Å²) in [6.07, 6.45) is 5.09. The van der Waals surface area contributed by atoms with Crippen LogP contribution in [0.25, 0.3) is 0 Å². The molecule has 94 valence electrons. The summed E-state index contributed by atoms with van der Waals surface area (Å²) in [6.45, 7) is 0.553. The highest BCUT2D eigenvalue weighted by atomic mass is 35.5. The standard InChI is InChI=1S/C13H18Cl2N2/c14-9-5-6-11(12(15)7-9)13(8-16)17-10-3-1-2-4-10/h5-7,10,13,17H,1-4,8,16H2. The minimum atomic E-state index is 0.128. The number of rotatable bonds is 4. The third-order valence-electron chi connectivity index (χ3n) is 3.37. The predicted molar refractivity (Wildman–Crippen MR) is 73.6 cm³/mol. The summed E-state index contributed by atoms with van der Waals surface area (Å²) in [5.74, 6) is 0. The van der Waals surface area contributed by atoms with Crippen LogP contribution in [0.5, 0.6) is 0 Å². The molecule has 0 amide bonds. The number of benzene rings is 1. The van der Waals surface area contributed by atoms with Gasteiger partial charge in [0, 0.05) is 28.7 Å². The molecule has 0 aliphatic heterocycles. The van der Waals surface area contributed by atoms with Gasteiger partial charge in [-0.1, -0.05) is 42.1 Å². The fourth-order valence-electron chi connectivity index (χ4n) is 2.45. The molecule has 1 saturated carbocycles. The lowest BCUT2D eigenvalue weighted by atomic mass is 10.1. The molecule has 1 fully saturated rings. The van der Waals surface area contributed by atoms with Gasteiger partial charge in [0.25, 0.3) is 0 Å². The maximum atomic E-state index is 6.21. The Kier molecular flexibility index (Phi) is 4.69. The summed E-state index contributed by atoms with van der Waals surface area (Å²) in [7, 11) is 0. The Morgan fingerprint density at radius 2 is 2.00 bits per heavy atom. The number of halogens is 2. The molecule has 0 aromatic heterocycles. The average molecular weight is 273 g/mol. The molecule has 4 heteroatoms. The highest BCUT2D eigenvalue weighted by Gasteiger charge is 2.20. The molecule has 1 atom stereocenters. The molecule has 0 radical (unpaired) electrons. The molecule has 1 aliphatic carbocycles. The zero-order valence-corrected chi connectivity index (χ0v) is 11.3. The van der Waals surface area contributed by atoms with Crippen molar-refractivity contribution in [3.05, 3.63) is 33.8 Å². The second kappa shape index (κ2) is 6.05. The van der Waals surface area contributed by atoms with E-state index in [-0.39, 0.29) is 6.04 Å². The van der Waals surface area contributed by atoms with E-state index in [4.69, 9.17) is 28.9 Å². The summed E-state index contributed by atoms with van der Waals surface area (Å²) in [5.41, 5.74) is 6.88. The van der Waals surface area contributed by atoms with E-state index in [1.807, 2.05) is 12.1 Å². The Morgan fingerprint density at radius 3 is 2.59 bits per heavy atom. The molecule has 0 heterocycles. The van der Waals surface area contributed by atoms with Crippen molar-refractivity contribution in [2.24, 2.45) is 5.73 Å². The van der Waals surface area contributed by atoms with Crippen LogP contribution >= 0.6 is 23.2 Å². The lowest BCUT2D eigenvalue weighted by Gasteiger charge is -2.23. The van der Waals surface area contributed by atoms with Gasteiger partial charge in [-0.3, -0.25) is 0 Å². The quantitative estimate of drug-likeness (QED) is 0.880. The van der Waals surface area contributed by atoms with E-state index >= 15 is 0 Å². The van der Waals surface area contributed by atoms with Crippen LogP contribution in [-0.2, 0) is 0 Å². The molecule has 0 bridgehead atoms. The number of hydrogen-bond donors (Lipinski definition) is 2. The molecule has 1 aromatic rings. The van der Waals surface area contributed by atoms with E-state index in [2.05, 4.69) is 5.32 Å². The SMILES string of the molecule is NCC(NC1CCCC1)c1ccc(Cl)cc1Cl. The fourth-order valence-corrected chi connectivity index (χ4v) is 2.99. The monoisotopic (exact) mass is 272 g/mol. The normalized spacial score (nSPS) is 18.5. The highest BCUT2D eigenvalue weighted by Crippen LogP contribution is 2.28. The van der Waals surface area contributed by atoms with Gasteiger partial charge >= 0.3 is 0 Å². The van der Waals surface area contributed by atoms with Gasteiger partial charge in [-0.2, -0.15) is 0 Å². The van der Waals surface area contributed by atoms with Crippen LogP contribution in [-0.4, -0.2) is 12.6 Å². The first kappa shape index (κ1) is 13.2. The van der Waals surface area contributed by atoms with E-state index in [0.717, 1.165) is 5.56 Å². The van der Waals surface area contributed by atoms with Crippen molar-refractivity contribution in [1.29, 1.82) is 0 Å². The second-order valence-electron chi connectivity index (χ2n) is 4.60. The van der Waals surface area contributed by atoms with Crippen molar-refractivity contribution in [3.8, 4) is 0 Å². The van der Waals surface area contributed by atoms with Crippen LogP contribution in [0.3, 0.4) is 0 Å². The van der Waals surface area contributed by atoms with Crippen molar-refractivity contribution in [2.45, 2.75) is 37.8 Å². The number of hydrogen-bond acceptors (Lipinski definition) is 2. The van der Waals surface area contributed by atoms with Crippen molar-refractivity contribution in [2.75, 3.05) is 6.54 Å². The number of nitrogens with one attached hydrogen (secondary N) is 1. The lowest BCUT2D eigenvalue weighted by molar-refractivity contribution is 0.444. The van der Waals surface area contributed by atoms with E-state index in [0.29, 0.717) is 22.6 Å². The van der Waals surface area contributed by atoms with E-state index in [1.165, 1.54) is 25.7 Å². The summed E-state index contributed by atoms with van der Waals surface area (Å²) < 4.78 is 0. The lowest BCUT2D eigenvalue weighted by Crippen LogP contribution is -2.35. The van der Waals surface area contributed by atoms with Crippen molar-refractivity contribution in [3.63, 3.8) is 0 Å². The molecule has 3 N–H and O–H groups in total. The Bertz CT molecular complexity index is 376. The van der Waals surface area contributed by atoms with Crippen molar-refractivity contribution >= 4 is 23.2 Å². The van der Waals surface area contributed by atoms with Crippen LogP contribution in [0, 0.1) is 0 Å². The van der Waals surface area contributed by atoms with Crippen molar-refractivity contribution in [1.82, 2.24) is 5.32 Å². The Labute approximate surface area is 112 Å². The fraction of sp³-hybridized carbons (Fsp3) is 0.538. The maximum absolute atomic E-state index is 6.21. The van der Waals surface area contributed by atoms with Crippen LogP contribution < -0.4 is 11.1 Å². The maximum Gasteiger partial charge on any atom is 0.0469 e. The van der Waals surface area contributed by atoms with E-state index in [1.54, 1.807) is 6.07 Å². The second-order valence-corrected chi connectivity index (χ2v) is 5.45. The Hall–Kier alpha value is -0.280. The Morgan fingerprint density at radius 1 is 1.29 bits per heavy atom. The van der Waals surface area contributed by atoms with E-state index < -0.39 is 0 Å². The molecule has 1 aromatic carbocycles. The molecular formula is C13H18Cl2N2. The van der Waals surface area contributed by atoms with Gasteiger partial charge in [0.2, 0.25) is 0 Å². The summed E-state index contributed by atoms with van der Waals surface area (Å²) in [5, 5.41) is 4.95. The average Bonchev–Trinajstić information content (AvgIpc) is 2.79. The van der Waals surface area contributed by atoms with Crippen LogP contribution in [0.15, 0.2) is 18.2 Å². The highest BCUT2D eigenvalue weighted by molar-refractivity contribution is 6.35. The zero-order valence-electron chi connectivity index (χ0n) is 9.76. The summed E-state index contributed by atoms with van der Waals surface area (Å²) in [6, 6.07) is 6.31. The van der Waals surface area contributed by atoms with Gasteiger partial charge < -0.3 is 11.1 Å². The molecule has 1 aliphatic rings. The molecule has 0 spiro atoms. The van der Waals surface area contributed by atoms with Gasteiger partial charge in [0.15, 0.2) is 0 Å². The third-order valence-corrected chi connectivity index (χ3v) is 3.93. The molecular weight excluding hydrogens is 255 g/mol. The molecule has 2 nitrogen and oxygen atoms in total. The smallest absolute Gasteiger partial charge is 0.0469 e. The van der Waals surface area contributed by atoms with Gasteiger partial charge in [-0.25, -0.2) is 0 Å². The van der Waals surface area contributed by atoms with E-state index in [9.17, 15) is 0 Å². The van der Waals surface area contributed by atoms with Crippen LogP contribution in [0.2, 0.25) is 10.0 Å². The topological polar surface area (TPSA) is 38.0 Å². The van der Waals surface area contributed by atoms with Gasteiger partial charge in [0.05, 0.1) is 0 Å². The zero-order chi connectivity index (χ0) is 12.3. The molecule has 0 saturated heterocycles. The largest absolute Gasteiger partial charge is 0.329 e. The summed E-state index contributed by atoms with van der Waals surface area (Å²) in [4.78, 5) is 0. The third kappa shape index (κ3) is 3.35. The van der Waals surface area contributed by atoms with Crippen molar-refractivity contribution < 1.29 is 0 Å². The Balaban J connectivity index is 2.10. The first-order chi connectivity index (χ1) is 8.20. The molecule has 17 heavy (non-hydrogen) atoms. The van der Waals surface area contributed by atoms with Gasteiger partial charge in [-0.15, -0.1) is 0 Å². The first-order valence-corrected chi connectivity index (χ1v) is 6.87. The van der Waals surface area contributed by atoms with Gasteiger partial charge in [0.1, 0.15) is 0 Å².